The van der Waals surface area contributed by atoms with Gasteiger partial charge in [-0.15, -0.1) is 0 Å². The number of nitrogens with zero attached hydrogens (tertiary/aromatic N) is 1. The molecular formula is C16H19FN2. The van der Waals surface area contributed by atoms with Gasteiger partial charge in [-0.05, 0) is 55.9 Å². The Hall–Kier alpha value is -1.87. The summed E-state index contributed by atoms with van der Waals surface area (Å²) < 4.78 is 12.9. The van der Waals surface area contributed by atoms with Crippen molar-refractivity contribution in [3.05, 3.63) is 59.9 Å². The van der Waals surface area contributed by atoms with Crippen LogP contribution in [0.15, 0.2) is 48.5 Å². The van der Waals surface area contributed by atoms with E-state index in [1.54, 1.807) is 12.1 Å². The summed E-state index contributed by atoms with van der Waals surface area (Å²) >= 11 is 0. The Morgan fingerprint density at radius 1 is 0.947 bits per heavy atom. The molecule has 1 atom stereocenters. The van der Waals surface area contributed by atoms with Crippen molar-refractivity contribution in [3.8, 4) is 0 Å². The molecule has 0 fully saturated rings. The topological polar surface area (TPSA) is 15.3 Å². The minimum absolute atomic E-state index is 0.213. The number of rotatable bonds is 4. The maximum atomic E-state index is 12.9. The van der Waals surface area contributed by atoms with Crippen LogP contribution in [0.2, 0.25) is 0 Å². The fourth-order valence-electron chi connectivity index (χ4n) is 1.97. The molecule has 0 amide bonds. The molecule has 2 aromatic carbocycles. The molecule has 2 nitrogen and oxygen atoms in total. The van der Waals surface area contributed by atoms with Crippen molar-refractivity contribution in [2.45, 2.75) is 13.0 Å². The van der Waals surface area contributed by atoms with Gasteiger partial charge in [-0.1, -0.05) is 12.1 Å². The third-order valence-corrected chi connectivity index (χ3v) is 3.43. The fourth-order valence-corrected chi connectivity index (χ4v) is 1.97. The standard InChI is InChI=1S/C16H19FN2/c1-12(18-2)13-4-8-15(9-5-13)19(3)16-10-6-14(17)7-11-16/h4-12,18H,1-3H3. The van der Waals surface area contributed by atoms with E-state index >= 15 is 0 Å². The van der Waals surface area contributed by atoms with Crippen molar-refractivity contribution >= 4 is 11.4 Å². The molecule has 0 aromatic heterocycles. The van der Waals surface area contributed by atoms with Crippen molar-refractivity contribution < 1.29 is 4.39 Å². The van der Waals surface area contributed by atoms with Crippen molar-refractivity contribution in [2.24, 2.45) is 0 Å². The summed E-state index contributed by atoms with van der Waals surface area (Å²) in [6.45, 7) is 2.12. The Labute approximate surface area is 113 Å². The smallest absolute Gasteiger partial charge is 0.123 e. The molecule has 0 heterocycles. The van der Waals surface area contributed by atoms with E-state index in [4.69, 9.17) is 0 Å². The van der Waals surface area contributed by atoms with Crippen LogP contribution in [0, 0.1) is 5.82 Å². The van der Waals surface area contributed by atoms with Crippen LogP contribution in [0.5, 0.6) is 0 Å². The second kappa shape index (κ2) is 5.85. The third kappa shape index (κ3) is 3.12. The molecule has 0 radical (unpaired) electrons. The van der Waals surface area contributed by atoms with Gasteiger partial charge in [-0.3, -0.25) is 0 Å². The summed E-state index contributed by atoms with van der Waals surface area (Å²) in [6, 6.07) is 15.2. The molecule has 1 unspecified atom stereocenters. The minimum Gasteiger partial charge on any atom is -0.345 e. The number of hydrogen-bond acceptors (Lipinski definition) is 2. The minimum atomic E-state index is -0.213. The highest BCUT2D eigenvalue weighted by Crippen LogP contribution is 2.25. The number of halogens is 1. The lowest BCUT2D eigenvalue weighted by Crippen LogP contribution is -2.13. The zero-order valence-electron chi connectivity index (χ0n) is 11.5. The quantitative estimate of drug-likeness (QED) is 0.895. The van der Waals surface area contributed by atoms with Crippen LogP contribution in [0.1, 0.15) is 18.5 Å². The zero-order chi connectivity index (χ0) is 13.8. The second-order valence-electron chi connectivity index (χ2n) is 4.64. The highest BCUT2D eigenvalue weighted by molar-refractivity contribution is 5.62. The molecule has 1 N–H and O–H groups in total. The van der Waals surface area contributed by atoms with Gasteiger partial charge in [-0.2, -0.15) is 0 Å². The molecule has 0 aliphatic carbocycles. The van der Waals surface area contributed by atoms with Crippen LogP contribution in [0.25, 0.3) is 0 Å². The maximum absolute atomic E-state index is 12.9. The third-order valence-electron chi connectivity index (χ3n) is 3.43. The first-order valence-corrected chi connectivity index (χ1v) is 6.38. The molecule has 0 aliphatic heterocycles. The highest BCUT2D eigenvalue weighted by atomic mass is 19.1. The molecule has 100 valence electrons. The molecule has 19 heavy (non-hydrogen) atoms. The van der Waals surface area contributed by atoms with E-state index in [2.05, 4.69) is 36.5 Å². The highest BCUT2D eigenvalue weighted by Gasteiger charge is 2.06. The van der Waals surface area contributed by atoms with Gasteiger partial charge in [0.1, 0.15) is 5.82 Å². The van der Waals surface area contributed by atoms with Crippen LogP contribution < -0.4 is 10.2 Å². The van der Waals surface area contributed by atoms with Crippen molar-refractivity contribution in [1.29, 1.82) is 0 Å². The molecule has 0 saturated carbocycles. The van der Waals surface area contributed by atoms with Crippen LogP contribution >= 0.6 is 0 Å². The molecule has 0 bridgehead atoms. The van der Waals surface area contributed by atoms with Crippen LogP contribution in [-0.2, 0) is 0 Å². The Morgan fingerprint density at radius 3 is 1.89 bits per heavy atom. The summed E-state index contributed by atoms with van der Waals surface area (Å²) in [4.78, 5) is 2.03. The van der Waals surface area contributed by atoms with E-state index in [0.29, 0.717) is 6.04 Å². The normalized spacial score (nSPS) is 12.2. The van der Waals surface area contributed by atoms with Crippen LogP contribution in [0.4, 0.5) is 15.8 Å². The summed E-state index contributed by atoms with van der Waals surface area (Å²) in [6.07, 6.45) is 0. The monoisotopic (exact) mass is 258 g/mol. The van der Waals surface area contributed by atoms with Gasteiger partial charge in [0.25, 0.3) is 0 Å². The summed E-state index contributed by atoms with van der Waals surface area (Å²) in [5, 5.41) is 3.21. The van der Waals surface area contributed by atoms with Crippen molar-refractivity contribution in [1.82, 2.24) is 5.32 Å². The van der Waals surface area contributed by atoms with Gasteiger partial charge in [0.15, 0.2) is 0 Å². The predicted octanol–water partition coefficient (Wildman–Crippen LogP) is 3.87. The molecule has 2 rings (SSSR count). The van der Waals surface area contributed by atoms with Crippen molar-refractivity contribution in [2.75, 3.05) is 19.0 Å². The van der Waals surface area contributed by atoms with Crippen molar-refractivity contribution in [3.63, 3.8) is 0 Å². The summed E-state index contributed by atoms with van der Waals surface area (Å²) in [5.74, 6) is -0.213. The summed E-state index contributed by atoms with van der Waals surface area (Å²) in [5.41, 5.74) is 3.30. The van der Waals surface area contributed by atoms with E-state index in [9.17, 15) is 4.39 Å². The zero-order valence-corrected chi connectivity index (χ0v) is 11.5. The molecule has 2 aromatic rings. The van der Waals surface area contributed by atoms with Gasteiger partial charge in [-0.25, -0.2) is 4.39 Å². The van der Waals surface area contributed by atoms with Gasteiger partial charge in [0.05, 0.1) is 0 Å². The maximum Gasteiger partial charge on any atom is 0.123 e. The first kappa shape index (κ1) is 13.6. The molecule has 0 saturated heterocycles. The van der Waals surface area contributed by atoms with Crippen LogP contribution in [-0.4, -0.2) is 14.1 Å². The first-order valence-electron chi connectivity index (χ1n) is 6.38. The summed E-state index contributed by atoms with van der Waals surface area (Å²) in [7, 11) is 3.92. The lowest BCUT2D eigenvalue weighted by Gasteiger charge is -2.20. The van der Waals surface area contributed by atoms with Gasteiger partial charge in [0.2, 0.25) is 0 Å². The van der Waals surface area contributed by atoms with E-state index in [-0.39, 0.29) is 5.82 Å². The number of nitrogens with one attached hydrogen (secondary N) is 1. The van der Waals surface area contributed by atoms with Crippen LogP contribution in [0.3, 0.4) is 0 Å². The number of hydrogen-bond donors (Lipinski definition) is 1. The number of benzene rings is 2. The van der Waals surface area contributed by atoms with Gasteiger partial charge < -0.3 is 10.2 Å². The Bertz CT molecular complexity index is 519. The predicted molar refractivity (Wildman–Crippen MR) is 78.4 cm³/mol. The lowest BCUT2D eigenvalue weighted by atomic mass is 10.1. The molecule has 0 aliphatic rings. The van der Waals surface area contributed by atoms with Gasteiger partial charge in [0, 0.05) is 24.5 Å². The molecular weight excluding hydrogens is 239 g/mol. The lowest BCUT2D eigenvalue weighted by molar-refractivity contribution is 0.628. The average Bonchev–Trinajstić information content (AvgIpc) is 2.46. The van der Waals surface area contributed by atoms with Gasteiger partial charge >= 0.3 is 0 Å². The Morgan fingerprint density at radius 2 is 1.42 bits per heavy atom. The fraction of sp³-hybridized carbons (Fsp3) is 0.250. The first-order chi connectivity index (χ1) is 9.11. The van der Waals surface area contributed by atoms with E-state index in [1.165, 1.54) is 17.7 Å². The van der Waals surface area contributed by atoms with E-state index in [1.807, 2.05) is 19.0 Å². The van der Waals surface area contributed by atoms with E-state index in [0.717, 1.165) is 11.4 Å². The molecule has 3 heteroatoms. The second-order valence-corrected chi connectivity index (χ2v) is 4.64. The van der Waals surface area contributed by atoms with E-state index < -0.39 is 0 Å². The Balaban J connectivity index is 2.19. The number of anilines is 2. The molecule has 0 spiro atoms. The largest absolute Gasteiger partial charge is 0.345 e. The average molecular weight is 258 g/mol. The SMILES string of the molecule is CNC(C)c1ccc(N(C)c2ccc(F)cc2)cc1. The Kier molecular flexibility index (Phi) is 4.17.